The summed E-state index contributed by atoms with van der Waals surface area (Å²) in [5, 5.41) is 11.7. The summed E-state index contributed by atoms with van der Waals surface area (Å²) in [5.74, 6) is -0.993. The van der Waals surface area contributed by atoms with Crippen LogP contribution in [0, 0.1) is 11.3 Å². The predicted octanol–water partition coefficient (Wildman–Crippen LogP) is 1.65. The lowest BCUT2D eigenvalue weighted by atomic mass is 9.87. The van der Waals surface area contributed by atoms with Crippen LogP contribution in [0.4, 0.5) is 0 Å². The van der Waals surface area contributed by atoms with Crippen LogP contribution in [0.2, 0.25) is 0 Å². The normalized spacial score (nSPS) is 16.5. The Morgan fingerprint density at radius 1 is 1.40 bits per heavy atom. The van der Waals surface area contributed by atoms with Gasteiger partial charge >= 0.3 is 5.97 Å². The Balaban J connectivity index is 4.24. The molecule has 0 saturated heterocycles. The van der Waals surface area contributed by atoms with E-state index in [9.17, 15) is 9.59 Å². The second-order valence-corrected chi connectivity index (χ2v) is 4.25. The highest BCUT2D eigenvalue weighted by molar-refractivity contribution is 5.80. The minimum absolute atomic E-state index is 0.0556. The van der Waals surface area contributed by atoms with Crippen molar-refractivity contribution in [3.63, 3.8) is 0 Å². The quantitative estimate of drug-likeness (QED) is 0.708. The first-order valence-corrected chi connectivity index (χ1v) is 5.38. The summed E-state index contributed by atoms with van der Waals surface area (Å²) in [5.41, 5.74) is -0.858. The molecule has 88 valence electrons. The third kappa shape index (κ3) is 3.90. The van der Waals surface area contributed by atoms with Gasteiger partial charge in [-0.05, 0) is 19.8 Å². The number of rotatable bonds is 6. The zero-order valence-corrected chi connectivity index (χ0v) is 9.96. The Labute approximate surface area is 91.1 Å². The van der Waals surface area contributed by atoms with Gasteiger partial charge in [-0.3, -0.25) is 9.59 Å². The molecule has 0 saturated carbocycles. The molecule has 0 fully saturated rings. The third-order valence-corrected chi connectivity index (χ3v) is 3.01. The van der Waals surface area contributed by atoms with Crippen molar-refractivity contribution in [2.24, 2.45) is 11.3 Å². The molecule has 1 amide bonds. The van der Waals surface area contributed by atoms with Gasteiger partial charge in [-0.25, -0.2) is 0 Å². The number of carboxylic acid groups (broad SMARTS) is 1. The van der Waals surface area contributed by atoms with Crippen LogP contribution in [0.1, 0.15) is 40.5 Å². The highest BCUT2D eigenvalue weighted by atomic mass is 16.4. The van der Waals surface area contributed by atoms with Crippen LogP contribution in [0.5, 0.6) is 0 Å². The van der Waals surface area contributed by atoms with E-state index in [0.717, 1.165) is 6.42 Å². The van der Waals surface area contributed by atoms with Crippen LogP contribution >= 0.6 is 0 Å². The van der Waals surface area contributed by atoms with Gasteiger partial charge in [-0.15, -0.1) is 0 Å². The monoisotopic (exact) mass is 215 g/mol. The van der Waals surface area contributed by atoms with Gasteiger partial charge in [0, 0.05) is 12.5 Å². The predicted molar refractivity (Wildman–Crippen MR) is 58.5 cm³/mol. The van der Waals surface area contributed by atoms with Crippen molar-refractivity contribution in [3.05, 3.63) is 0 Å². The van der Waals surface area contributed by atoms with Crippen molar-refractivity contribution in [1.82, 2.24) is 5.32 Å². The maximum absolute atomic E-state index is 11.5. The minimum Gasteiger partial charge on any atom is -0.481 e. The van der Waals surface area contributed by atoms with E-state index in [1.54, 1.807) is 6.92 Å². The lowest BCUT2D eigenvalue weighted by Gasteiger charge is -2.24. The molecule has 2 atom stereocenters. The van der Waals surface area contributed by atoms with E-state index in [0.29, 0.717) is 6.42 Å². The smallest absolute Gasteiger partial charge is 0.311 e. The van der Waals surface area contributed by atoms with Crippen LogP contribution in [-0.4, -0.2) is 23.5 Å². The molecule has 0 aliphatic carbocycles. The number of amides is 1. The van der Waals surface area contributed by atoms with Crippen LogP contribution in [-0.2, 0) is 9.59 Å². The van der Waals surface area contributed by atoms with Gasteiger partial charge in [-0.1, -0.05) is 20.8 Å². The summed E-state index contributed by atoms with van der Waals surface area (Å²) < 4.78 is 0. The largest absolute Gasteiger partial charge is 0.481 e. The van der Waals surface area contributed by atoms with E-state index in [-0.39, 0.29) is 18.4 Å². The number of aliphatic carboxylic acids is 1. The van der Waals surface area contributed by atoms with Crippen molar-refractivity contribution in [2.45, 2.75) is 40.5 Å². The fraction of sp³-hybridized carbons (Fsp3) is 0.818. The van der Waals surface area contributed by atoms with Gasteiger partial charge in [0.2, 0.25) is 5.91 Å². The molecule has 15 heavy (non-hydrogen) atoms. The highest BCUT2D eigenvalue weighted by Crippen LogP contribution is 2.20. The molecule has 0 bridgehead atoms. The SMILES string of the molecule is CCC(C)C(=O)NCC(C)(CC)C(=O)O. The van der Waals surface area contributed by atoms with E-state index < -0.39 is 11.4 Å². The topological polar surface area (TPSA) is 66.4 Å². The molecule has 0 aliphatic heterocycles. The summed E-state index contributed by atoms with van der Waals surface area (Å²) in [6.45, 7) is 7.41. The first-order valence-electron chi connectivity index (χ1n) is 5.38. The number of carbonyl (C=O) groups excluding carboxylic acids is 1. The van der Waals surface area contributed by atoms with Crippen molar-refractivity contribution in [3.8, 4) is 0 Å². The molecule has 0 heterocycles. The number of hydrogen-bond donors (Lipinski definition) is 2. The van der Waals surface area contributed by atoms with Crippen molar-refractivity contribution >= 4 is 11.9 Å². The molecule has 0 radical (unpaired) electrons. The molecule has 2 unspecified atom stereocenters. The van der Waals surface area contributed by atoms with Gasteiger partial charge in [0.25, 0.3) is 0 Å². The summed E-state index contributed by atoms with van der Waals surface area (Å²) in [7, 11) is 0. The molecule has 0 rings (SSSR count). The molecule has 0 aromatic heterocycles. The molecular formula is C11H21NO3. The summed E-state index contributed by atoms with van der Waals surface area (Å²) in [4.78, 5) is 22.4. The fourth-order valence-corrected chi connectivity index (χ4v) is 0.994. The maximum Gasteiger partial charge on any atom is 0.311 e. The number of nitrogens with one attached hydrogen (secondary N) is 1. The molecule has 0 spiro atoms. The van der Waals surface area contributed by atoms with Crippen LogP contribution in [0.25, 0.3) is 0 Å². The molecule has 4 nitrogen and oxygen atoms in total. The molecule has 2 N–H and O–H groups in total. The van der Waals surface area contributed by atoms with Gasteiger partial charge in [0.15, 0.2) is 0 Å². The van der Waals surface area contributed by atoms with Crippen molar-refractivity contribution < 1.29 is 14.7 Å². The first-order chi connectivity index (χ1) is 6.87. The Bertz CT molecular complexity index is 240. The lowest BCUT2D eigenvalue weighted by molar-refractivity contribution is -0.148. The molecule has 0 aliphatic rings. The average Bonchev–Trinajstić information content (AvgIpc) is 2.23. The van der Waals surface area contributed by atoms with E-state index in [2.05, 4.69) is 5.32 Å². The zero-order chi connectivity index (χ0) is 12.1. The van der Waals surface area contributed by atoms with E-state index in [4.69, 9.17) is 5.11 Å². The van der Waals surface area contributed by atoms with Gasteiger partial charge in [-0.2, -0.15) is 0 Å². The van der Waals surface area contributed by atoms with Crippen molar-refractivity contribution in [1.29, 1.82) is 0 Å². The van der Waals surface area contributed by atoms with E-state index in [1.165, 1.54) is 0 Å². The number of hydrogen-bond acceptors (Lipinski definition) is 2. The van der Waals surface area contributed by atoms with Gasteiger partial charge < -0.3 is 10.4 Å². The highest BCUT2D eigenvalue weighted by Gasteiger charge is 2.31. The van der Waals surface area contributed by atoms with Crippen LogP contribution < -0.4 is 5.32 Å². The molecule has 4 heteroatoms. The number of carbonyl (C=O) groups is 2. The number of carboxylic acids is 1. The van der Waals surface area contributed by atoms with Crippen LogP contribution in [0.3, 0.4) is 0 Å². The Morgan fingerprint density at radius 3 is 2.27 bits per heavy atom. The summed E-state index contributed by atoms with van der Waals surface area (Å²) in [6.07, 6.45) is 1.27. The Morgan fingerprint density at radius 2 is 1.93 bits per heavy atom. The second kappa shape index (κ2) is 5.73. The van der Waals surface area contributed by atoms with Crippen molar-refractivity contribution in [2.75, 3.05) is 6.54 Å². The summed E-state index contributed by atoms with van der Waals surface area (Å²) >= 11 is 0. The van der Waals surface area contributed by atoms with E-state index in [1.807, 2.05) is 20.8 Å². The fourth-order valence-electron chi connectivity index (χ4n) is 0.994. The second-order valence-electron chi connectivity index (χ2n) is 4.25. The molecule has 0 aromatic rings. The van der Waals surface area contributed by atoms with E-state index >= 15 is 0 Å². The standard InChI is InChI=1S/C11H21NO3/c1-5-8(3)9(13)12-7-11(4,6-2)10(14)15/h8H,5-7H2,1-4H3,(H,12,13)(H,14,15). The summed E-state index contributed by atoms with van der Waals surface area (Å²) in [6, 6.07) is 0. The van der Waals surface area contributed by atoms with Gasteiger partial charge in [0.1, 0.15) is 0 Å². The first kappa shape index (κ1) is 13.9. The lowest BCUT2D eigenvalue weighted by Crippen LogP contribution is -2.42. The molecular weight excluding hydrogens is 194 g/mol. The van der Waals surface area contributed by atoms with Gasteiger partial charge in [0.05, 0.1) is 5.41 Å². The maximum atomic E-state index is 11.5. The minimum atomic E-state index is -0.866. The molecule has 0 aromatic carbocycles. The van der Waals surface area contributed by atoms with Crippen LogP contribution in [0.15, 0.2) is 0 Å². The zero-order valence-electron chi connectivity index (χ0n) is 9.96. The third-order valence-electron chi connectivity index (χ3n) is 3.01. The Hall–Kier alpha value is -1.06. The Kier molecular flexibility index (Phi) is 5.33. The average molecular weight is 215 g/mol.